The van der Waals surface area contributed by atoms with Gasteiger partial charge < -0.3 is 0 Å². The lowest BCUT2D eigenvalue weighted by Crippen LogP contribution is -2.15. The van der Waals surface area contributed by atoms with Crippen LogP contribution in [0.2, 0.25) is 0 Å². The molecule has 0 spiro atoms. The molecule has 0 radical (unpaired) electrons. The molecule has 1 heterocycles. The molecule has 1 aliphatic carbocycles. The lowest BCUT2D eigenvalue weighted by Gasteiger charge is -2.22. The van der Waals surface area contributed by atoms with Crippen LogP contribution in [-0.2, 0) is 5.41 Å². The Morgan fingerprint density at radius 1 is 0.477 bits per heavy atom. The maximum Gasteiger partial charge on any atom is 0.144 e. The molecule has 1 aliphatic rings. The van der Waals surface area contributed by atoms with Crippen molar-refractivity contribution < 1.29 is 0 Å². The molecule has 0 N–H and O–H groups in total. The first kappa shape index (κ1) is 25.1. The second-order valence-corrected chi connectivity index (χ2v) is 12.5. The van der Waals surface area contributed by atoms with E-state index in [1.54, 1.807) is 0 Å². The average Bonchev–Trinajstić information content (AvgIpc) is 3.66. The van der Waals surface area contributed by atoms with Crippen LogP contribution < -0.4 is 0 Å². The van der Waals surface area contributed by atoms with Crippen LogP contribution in [0.4, 0.5) is 0 Å². The van der Waals surface area contributed by atoms with Gasteiger partial charge in [0.1, 0.15) is 5.82 Å². The van der Waals surface area contributed by atoms with Crippen molar-refractivity contribution in [2.45, 2.75) is 19.3 Å². The molecular weight excluding hydrogens is 532 g/mol. The Kier molecular flexibility index (Phi) is 5.28. The van der Waals surface area contributed by atoms with Gasteiger partial charge in [0, 0.05) is 29.1 Å². The van der Waals surface area contributed by atoms with Crippen molar-refractivity contribution in [3.63, 3.8) is 0 Å². The van der Waals surface area contributed by atoms with E-state index in [-0.39, 0.29) is 5.41 Å². The standard InChI is InChI=1S/C42H30N2/c1-42(2)39-21-18-29(41-43-22-23-44(41)30-19-16-28(17-20-30)27-10-4-3-5-11-27)24-37(39)38-25-35-33-14-8-6-12-31(33)32-13-7-9-15-34(32)36(35)26-40(38)42/h3-26H,1-2H3. The van der Waals surface area contributed by atoms with E-state index < -0.39 is 0 Å². The molecule has 0 aliphatic heterocycles. The number of aromatic nitrogens is 2. The summed E-state index contributed by atoms with van der Waals surface area (Å²) in [7, 11) is 0. The molecule has 0 saturated heterocycles. The van der Waals surface area contributed by atoms with E-state index in [2.05, 4.69) is 158 Å². The van der Waals surface area contributed by atoms with Gasteiger partial charge in [0.05, 0.1) is 0 Å². The van der Waals surface area contributed by atoms with Crippen LogP contribution in [0, 0.1) is 0 Å². The molecule has 0 atom stereocenters. The van der Waals surface area contributed by atoms with Gasteiger partial charge in [0.2, 0.25) is 0 Å². The summed E-state index contributed by atoms with van der Waals surface area (Å²) >= 11 is 0. The zero-order valence-electron chi connectivity index (χ0n) is 24.8. The van der Waals surface area contributed by atoms with E-state index in [0.717, 1.165) is 17.1 Å². The van der Waals surface area contributed by atoms with E-state index in [1.165, 1.54) is 65.7 Å². The fourth-order valence-electron chi connectivity index (χ4n) is 7.46. The first-order valence-electron chi connectivity index (χ1n) is 15.3. The zero-order valence-corrected chi connectivity index (χ0v) is 24.8. The topological polar surface area (TPSA) is 17.8 Å². The van der Waals surface area contributed by atoms with E-state index >= 15 is 0 Å². The Bertz CT molecular complexity index is 2390. The fraction of sp³-hybridized carbons (Fsp3) is 0.0714. The molecule has 2 heteroatoms. The summed E-state index contributed by atoms with van der Waals surface area (Å²) in [4.78, 5) is 4.85. The monoisotopic (exact) mass is 562 g/mol. The summed E-state index contributed by atoms with van der Waals surface area (Å²) < 4.78 is 2.19. The predicted octanol–water partition coefficient (Wildman–Crippen LogP) is 11.0. The number of benzene rings is 7. The van der Waals surface area contributed by atoms with Crippen molar-refractivity contribution in [3.05, 3.63) is 157 Å². The highest BCUT2D eigenvalue weighted by Gasteiger charge is 2.36. The van der Waals surface area contributed by atoms with Gasteiger partial charge in [0.25, 0.3) is 0 Å². The number of hydrogen-bond donors (Lipinski definition) is 0. The van der Waals surface area contributed by atoms with Gasteiger partial charge in [0.15, 0.2) is 0 Å². The van der Waals surface area contributed by atoms with Gasteiger partial charge in [-0.25, -0.2) is 4.98 Å². The van der Waals surface area contributed by atoms with Gasteiger partial charge in [-0.2, -0.15) is 0 Å². The second kappa shape index (κ2) is 9.26. The maximum absolute atomic E-state index is 4.85. The fourth-order valence-corrected chi connectivity index (χ4v) is 7.46. The van der Waals surface area contributed by atoms with Gasteiger partial charge >= 0.3 is 0 Å². The number of nitrogens with zero attached hydrogens (tertiary/aromatic N) is 2. The lowest BCUT2D eigenvalue weighted by molar-refractivity contribution is 0.661. The van der Waals surface area contributed by atoms with Crippen molar-refractivity contribution >= 4 is 32.3 Å². The van der Waals surface area contributed by atoms with E-state index in [4.69, 9.17) is 4.98 Å². The van der Waals surface area contributed by atoms with E-state index in [0.29, 0.717) is 0 Å². The Morgan fingerprint density at radius 2 is 1.02 bits per heavy atom. The SMILES string of the molecule is CC1(C)c2ccc(-c3nccn3-c3ccc(-c4ccccc4)cc3)cc2-c2cc3c4ccccc4c4ccccc4c3cc21. The number of hydrogen-bond acceptors (Lipinski definition) is 1. The second-order valence-electron chi connectivity index (χ2n) is 12.5. The summed E-state index contributed by atoms with van der Waals surface area (Å²) in [5.41, 5.74) is 9.92. The molecule has 8 aromatic rings. The molecule has 0 bridgehead atoms. The van der Waals surface area contributed by atoms with Crippen molar-refractivity contribution in [2.75, 3.05) is 0 Å². The molecule has 9 rings (SSSR count). The summed E-state index contributed by atoms with van der Waals surface area (Å²) in [6.45, 7) is 4.73. The summed E-state index contributed by atoms with van der Waals surface area (Å²) in [5, 5.41) is 7.88. The average molecular weight is 563 g/mol. The van der Waals surface area contributed by atoms with Crippen LogP contribution >= 0.6 is 0 Å². The summed E-state index contributed by atoms with van der Waals surface area (Å²) in [6.07, 6.45) is 3.96. The molecule has 0 saturated carbocycles. The van der Waals surface area contributed by atoms with Crippen LogP contribution in [0.1, 0.15) is 25.0 Å². The first-order chi connectivity index (χ1) is 21.6. The zero-order chi connectivity index (χ0) is 29.4. The third-order valence-electron chi connectivity index (χ3n) is 9.69. The van der Waals surface area contributed by atoms with Gasteiger partial charge in [-0.3, -0.25) is 4.57 Å². The van der Waals surface area contributed by atoms with Crippen LogP contribution in [0.15, 0.2) is 146 Å². The minimum atomic E-state index is -0.104. The van der Waals surface area contributed by atoms with E-state index in [1.807, 2.05) is 6.20 Å². The van der Waals surface area contributed by atoms with Gasteiger partial charge in [-0.05, 0) is 96.0 Å². The van der Waals surface area contributed by atoms with Crippen molar-refractivity contribution in [1.82, 2.24) is 9.55 Å². The molecular formula is C42H30N2. The first-order valence-corrected chi connectivity index (χ1v) is 15.3. The minimum Gasteiger partial charge on any atom is -0.300 e. The van der Waals surface area contributed by atoms with Gasteiger partial charge in [-0.1, -0.05) is 117 Å². The molecule has 0 unspecified atom stereocenters. The Balaban J connectivity index is 1.21. The number of imidazole rings is 1. The van der Waals surface area contributed by atoms with E-state index in [9.17, 15) is 0 Å². The molecule has 0 amide bonds. The molecule has 2 nitrogen and oxygen atoms in total. The number of rotatable bonds is 3. The van der Waals surface area contributed by atoms with Crippen LogP contribution in [0.3, 0.4) is 0 Å². The highest BCUT2D eigenvalue weighted by Crippen LogP contribution is 2.52. The van der Waals surface area contributed by atoms with Crippen molar-refractivity contribution in [1.29, 1.82) is 0 Å². The highest BCUT2D eigenvalue weighted by atomic mass is 15.1. The molecule has 208 valence electrons. The number of fused-ring (bicyclic) bond motifs is 9. The Labute approximate surface area is 256 Å². The Hall–Kier alpha value is -5.47. The largest absolute Gasteiger partial charge is 0.300 e. The van der Waals surface area contributed by atoms with Crippen molar-refractivity contribution in [3.8, 4) is 39.3 Å². The molecule has 0 fully saturated rings. The predicted molar refractivity (Wildman–Crippen MR) is 185 cm³/mol. The molecule has 44 heavy (non-hydrogen) atoms. The summed E-state index contributed by atoms with van der Waals surface area (Å²) in [6, 6.07) is 48.8. The highest BCUT2D eigenvalue weighted by molar-refractivity contribution is 6.26. The van der Waals surface area contributed by atoms with Crippen LogP contribution in [0.25, 0.3) is 71.6 Å². The third kappa shape index (κ3) is 3.58. The van der Waals surface area contributed by atoms with Crippen molar-refractivity contribution in [2.24, 2.45) is 0 Å². The third-order valence-corrected chi connectivity index (χ3v) is 9.69. The van der Waals surface area contributed by atoms with Gasteiger partial charge in [-0.15, -0.1) is 0 Å². The lowest BCUT2D eigenvalue weighted by atomic mass is 9.81. The van der Waals surface area contributed by atoms with Crippen LogP contribution in [-0.4, -0.2) is 9.55 Å². The quantitative estimate of drug-likeness (QED) is 0.196. The maximum atomic E-state index is 4.85. The molecule has 7 aromatic carbocycles. The molecule has 1 aromatic heterocycles. The minimum absolute atomic E-state index is 0.104. The smallest absolute Gasteiger partial charge is 0.144 e. The normalized spacial score (nSPS) is 13.4. The van der Waals surface area contributed by atoms with Crippen LogP contribution in [0.5, 0.6) is 0 Å². The Morgan fingerprint density at radius 3 is 1.70 bits per heavy atom. The summed E-state index contributed by atoms with van der Waals surface area (Å²) in [5.74, 6) is 0.948.